The lowest BCUT2D eigenvalue weighted by molar-refractivity contribution is -0.144. The number of ether oxygens (including phenoxy) is 4. The van der Waals surface area contributed by atoms with Gasteiger partial charge in [0.25, 0.3) is 11.8 Å². The van der Waals surface area contributed by atoms with Gasteiger partial charge in [0.2, 0.25) is 23.6 Å². The molecule has 6 N–H and O–H groups in total. The van der Waals surface area contributed by atoms with Gasteiger partial charge in [-0.3, -0.25) is 28.8 Å². The molecule has 7 aromatic rings. The van der Waals surface area contributed by atoms with Gasteiger partial charge in [0.15, 0.2) is 0 Å². The van der Waals surface area contributed by atoms with Crippen molar-refractivity contribution < 1.29 is 75.7 Å². The molecule has 24 heteroatoms. The molecule has 0 aromatic heterocycles. The number of alkyl carbamates (subject to hydrolysis) is 2. The fourth-order valence-electron chi connectivity index (χ4n) is 10.8. The van der Waals surface area contributed by atoms with Gasteiger partial charge in [-0.25, -0.2) is 28.0 Å². The van der Waals surface area contributed by atoms with Crippen LogP contribution in [-0.2, 0) is 60.6 Å². The fraction of sp³-hybridized carbons (Fsp3) is 0.316. The van der Waals surface area contributed by atoms with Crippen molar-refractivity contribution in [2.45, 2.75) is 75.3 Å². The van der Waals surface area contributed by atoms with Crippen LogP contribution in [0, 0.1) is 11.6 Å². The lowest BCUT2D eigenvalue weighted by Crippen LogP contribution is -2.47. The van der Waals surface area contributed by atoms with E-state index in [4.69, 9.17) is 18.9 Å². The van der Waals surface area contributed by atoms with Crippen LogP contribution < -0.4 is 31.9 Å². The molecular weight excluding hydrogens is 1290 g/mol. The number of nitrogens with zero attached hydrogens (tertiary/aromatic N) is 2. The number of hydrogen-bond acceptors (Lipinski definition) is 14. The Balaban J connectivity index is 0.967. The third-order valence-corrected chi connectivity index (χ3v) is 16.2. The van der Waals surface area contributed by atoms with E-state index in [1.165, 1.54) is 62.8 Å². The molecule has 0 heterocycles. The van der Waals surface area contributed by atoms with Crippen LogP contribution in [0.3, 0.4) is 0 Å². The molecule has 526 valence electrons. The van der Waals surface area contributed by atoms with Crippen LogP contribution in [0.4, 0.5) is 18.4 Å². The lowest BCUT2D eigenvalue weighted by Gasteiger charge is -2.24. The quantitative estimate of drug-likeness (QED) is 0.0121. The Labute approximate surface area is 579 Å². The zero-order valence-corrected chi connectivity index (χ0v) is 55.9. The topological polar surface area (TPSA) is 286 Å². The number of carbonyl (C=O) groups excluding carboxylic acids is 10. The van der Waals surface area contributed by atoms with Crippen LogP contribution in [0.25, 0.3) is 0 Å². The van der Waals surface area contributed by atoms with Crippen molar-refractivity contribution in [1.29, 1.82) is 0 Å². The average molecular weight is 1370 g/mol. The highest BCUT2D eigenvalue weighted by Gasteiger charge is 2.29. The Morgan fingerprint density at radius 2 is 0.690 bits per heavy atom. The molecule has 2 atom stereocenters. The highest BCUT2D eigenvalue weighted by atomic mass is 19.1. The highest BCUT2D eigenvalue weighted by Crippen LogP contribution is 2.27. The highest BCUT2D eigenvalue weighted by molar-refractivity contribution is 6.03. The Morgan fingerprint density at radius 1 is 0.380 bits per heavy atom. The van der Waals surface area contributed by atoms with Gasteiger partial charge in [0.1, 0.15) is 63.1 Å². The van der Waals surface area contributed by atoms with Gasteiger partial charge in [0, 0.05) is 49.1 Å². The average Bonchev–Trinajstić information content (AvgIpc) is 0.835. The van der Waals surface area contributed by atoms with Gasteiger partial charge in [-0.05, 0) is 127 Å². The predicted octanol–water partition coefficient (Wildman–Crippen LogP) is 8.34. The van der Waals surface area contributed by atoms with Gasteiger partial charge in [-0.15, -0.1) is 0 Å². The van der Waals surface area contributed by atoms with Crippen molar-refractivity contribution in [2.75, 3.05) is 79.8 Å². The Kier molecular flexibility index (Phi) is 31.2. The van der Waals surface area contributed by atoms with Crippen molar-refractivity contribution in [3.05, 3.63) is 250 Å². The minimum Gasteiger partial charge on any atom is -0.467 e. The Bertz CT molecular complexity index is 3460. The minimum absolute atomic E-state index is 0.0214. The number of halogens is 2. The van der Waals surface area contributed by atoms with Crippen molar-refractivity contribution in [3.8, 4) is 0 Å². The summed E-state index contributed by atoms with van der Waals surface area (Å²) in [6.45, 7) is -2.32. The number of methoxy groups -OCH3 is 2. The summed E-state index contributed by atoms with van der Waals surface area (Å²) in [5, 5.41) is 16.1. The van der Waals surface area contributed by atoms with Crippen molar-refractivity contribution >= 4 is 59.6 Å². The van der Waals surface area contributed by atoms with Crippen LogP contribution in [-0.4, -0.2) is 161 Å². The molecular formula is C76H84F2N8O14. The molecule has 0 radical (unpaired) electrons. The summed E-state index contributed by atoms with van der Waals surface area (Å²) < 4.78 is 48.5. The standard InChI is InChI=1S/C76H84F2N8O14/c1-97-73(93)65(83-75(95)99-51-63(55-20-7-3-8-21-55)56-22-9-4-10-23-56)30-15-17-42-79-67(87)47-85(49-69(89)81-44-40-53-32-36-61(77)37-33-53)71(91)59-28-19-29-60(46-59)72(92)86(50-70(90)82-45-41-54-34-38-62(78)39-35-54)48-68(88)80-43-18-16-31-66(74(94)98-2)84-76(96)100-52-64(57-24-11-5-12-25-57)58-26-13-6-14-27-58/h3-14,19-29,32-39,46,63-66H,15-18,30-31,40-45,47-52H2,1-2H3,(H,79,87)(H,80,88)(H,81,89)(H,82,90)(H,83,95)(H,84,96)/t65-,66-/m0/s1. The van der Waals surface area contributed by atoms with E-state index in [0.717, 1.165) is 43.2 Å². The molecule has 0 saturated heterocycles. The van der Waals surface area contributed by atoms with E-state index in [1.807, 2.05) is 121 Å². The number of nitrogens with one attached hydrogen (secondary N) is 6. The molecule has 0 bridgehead atoms. The molecule has 0 unspecified atom stereocenters. The number of esters is 2. The summed E-state index contributed by atoms with van der Waals surface area (Å²) in [5.41, 5.74) is 4.85. The van der Waals surface area contributed by atoms with E-state index in [2.05, 4.69) is 31.9 Å². The zero-order valence-electron chi connectivity index (χ0n) is 55.9. The van der Waals surface area contributed by atoms with Crippen molar-refractivity contribution in [3.63, 3.8) is 0 Å². The number of carbonyl (C=O) groups is 10. The molecule has 7 rings (SSSR count). The van der Waals surface area contributed by atoms with Crippen LogP contribution in [0.2, 0.25) is 0 Å². The fourth-order valence-corrected chi connectivity index (χ4v) is 10.8. The monoisotopic (exact) mass is 1370 g/mol. The van der Waals surface area contributed by atoms with Gasteiger partial charge < -0.3 is 60.6 Å². The summed E-state index contributed by atoms with van der Waals surface area (Å²) in [7, 11) is 2.37. The number of benzene rings is 7. The molecule has 0 aliphatic heterocycles. The normalized spacial score (nSPS) is 11.4. The predicted molar refractivity (Wildman–Crippen MR) is 368 cm³/mol. The molecule has 0 saturated carbocycles. The molecule has 0 spiro atoms. The van der Waals surface area contributed by atoms with Crippen LogP contribution >= 0.6 is 0 Å². The molecule has 22 nitrogen and oxygen atoms in total. The van der Waals surface area contributed by atoms with Crippen molar-refractivity contribution in [2.24, 2.45) is 0 Å². The van der Waals surface area contributed by atoms with E-state index in [9.17, 15) is 56.7 Å². The largest absolute Gasteiger partial charge is 0.467 e. The smallest absolute Gasteiger partial charge is 0.407 e. The lowest BCUT2D eigenvalue weighted by atomic mass is 9.92. The van der Waals surface area contributed by atoms with Gasteiger partial charge in [-0.2, -0.15) is 0 Å². The van der Waals surface area contributed by atoms with Crippen LogP contribution in [0.15, 0.2) is 194 Å². The second-order valence-corrected chi connectivity index (χ2v) is 23.4. The minimum atomic E-state index is -1.09. The summed E-state index contributed by atoms with van der Waals surface area (Å²) in [6.07, 6.45) is 0.358. The van der Waals surface area contributed by atoms with Crippen molar-refractivity contribution in [1.82, 2.24) is 41.7 Å². The number of amides is 8. The molecule has 7 aromatic carbocycles. The summed E-state index contributed by atoms with van der Waals surface area (Å²) in [6, 6.07) is 52.5. The SMILES string of the molecule is COC(=O)[C@H](CCCCNC(=O)CN(CC(=O)NCCc1ccc(F)cc1)C(=O)c1cccc(C(=O)N(CC(=O)NCCCC[C@H](NC(=O)OCC(c2ccccc2)c2ccccc2)C(=O)OC)CC(=O)NCCc2ccc(F)cc2)c1)NC(=O)OCC(c1ccccc1)c1ccccc1. The van der Waals surface area contributed by atoms with E-state index in [-0.39, 0.29) is 75.2 Å². The van der Waals surface area contributed by atoms with E-state index in [0.29, 0.717) is 38.5 Å². The zero-order chi connectivity index (χ0) is 71.4. The van der Waals surface area contributed by atoms with E-state index < -0.39 is 109 Å². The maximum Gasteiger partial charge on any atom is 0.407 e. The Morgan fingerprint density at radius 3 is 1.00 bits per heavy atom. The Hall–Kier alpha value is -11.3. The molecule has 0 aliphatic carbocycles. The third kappa shape index (κ3) is 25.9. The maximum atomic E-state index is 14.5. The first-order chi connectivity index (χ1) is 48.5. The summed E-state index contributed by atoms with van der Waals surface area (Å²) >= 11 is 0. The van der Waals surface area contributed by atoms with E-state index in [1.54, 1.807) is 24.3 Å². The van der Waals surface area contributed by atoms with Crippen LogP contribution in [0.5, 0.6) is 0 Å². The maximum absolute atomic E-state index is 14.5. The summed E-state index contributed by atoms with van der Waals surface area (Å²) in [5.74, 6) is -7.22. The first-order valence-electron chi connectivity index (χ1n) is 32.9. The first-order valence-corrected chi connectivity index (χ1v) is 32.9. The van der Waals surface area contributed by atoms with Crippen LogP contribution in [0.1, 0.15) is 104 Å². The third-order valence-electron chi connectivity index (χ3n) is 16.2. The number of rotatable bonds is 38. The first kappa shape index (κ1) is 76.1. The molecule has 0 fully saturated rings. The summed E-state index contributed by atoms with van der Waals surface area (Å²) in [4.78, 5) is 138. The molecule has 0 aliphatic rings. The van der Waals surface area contributed by atoms with E-state index >= 15 is 0 Å². The molecule has 8 amide bonds. The number of unbranched alkanes of at least 4 members (excludes halogenated alkanes) is 2. The van der Waals surface area contributed by atoms with Gasteiger partial charge >= 0.3 is 24.1 Å². The molecule has 100 heavy (non-hydrogen) atoms. The van der Waals surface area contributed by atoms with Gasteiger partial charge in [-0.1, -0.05) is 152 Å². The second-order valence-electron chi connectivity index (χ2n) is 23.4. The van der Waals surface area contributed by atoms with Gasteiger partial charge in [0.05, 0.1) is 14.2 Å². The second kappa shape index (κ2) is 41.1. The number of hydrogen-bond donors (Lipinski definition) is 6.